The fourth-order valence-corrected chi connectivity index (χ4v) is 1.26. The molecule has 0 radical (unpaired) electrons. The quantitative estimate of drug-likeness (QED) is 0.546. The number of rotatable bonds is 1. The van der Waals surface area contributed by atoms with Crippen LogP contribution in [-0.2, 0) is 0 Å². The molecule has 0 fully saturated rings. The zero-order chi connectivity index (χ0) is 11.0. The molecule has 14 heavy (non-hydrogen) atoms. The van der Waals surface area contributed by atoms with E-state index in [0.717, 1.165) is 0 Å². The van der Waals surface area contributed by atoms with Gasteiger partial charge in [-0.2, -0.15) is 0 Å². The lowest BCUT2D eigenvalue weighted by molar-refractivity contribution is 0.911. The van der Waals surface area contributed by atoms with Crippen molar-refractivity contribution in [3.05, 3.63) is 34.9 Å². The van der Waals surface area contributed by atoms with Crippen molar-refractivity contribution >= 4 is 0 Å². The first kappa shape index (κ1) is 13.2. The maximum absolute atomic E-state index is 2.24. The third kappa shape index (κ3) is 5.06. The molecule has 0 aliphatic heterocycles. The average Bonchev–Trinajstić information content (AvgIpc) is 2.19. The minimum atomic E-state index is 1.22. The molecule has 0 spiro atoms. The molecule has 0 aromatic carbocycles. The van der Waals surface area contributed by atoms with Gasteiger partial charge in [-0.1, -0.05) is 49.6 Å². The monoisotopic (exact) mass is 192 g/mol. The van der Waals surface area contributed by atoms with Gasteiger partial charge in [0, 0.05) is 0 Å². The highest BCUT2D eigenvalue weighted by atomic mass is 14.1. The first-order valence-electron chi connectivity index (χ1n) is 5.65. The molecule has 0 N–H and O–H groups in total. The fraction of sp³-hybridized carbons (Fsp3) is 0.571. The van der Waals surface area contributed by atoms with Crippen molar-refractivity contribution in [1.82, 2.24) is 0 Å². The zero-order valence-electron chi connectivity index (χ0n) is 10.4. The summed E-state index contributed by atoms with van der Waals surface area (Å²) in [5.74, 6) is 0. The summed E-state index contributed by atoms with van der Waals surface area (Å²) in [5, 5.41) is 0. The van der Waals surface area contributed by atoms with Gasteiger partial charge in [0.1, 0.15) is 0 Å². The summed E-state index contributed by atoms with van der Waals surface area (Å²) in [5.41, 5.74) is 4.42. The summed E-state index contributed by atoms with van der Waals surface area (Å²) < 4.78 is 0. The molecule has 0 saturated heterocycles. The van der Waals surface area contributed by atoms with E-state index in [4.69, 9.17) is 0 Å². The fourth-order valence-electron chi connectivity index (χ4n) is 1.26. The Bertz CT molecular complexity index is 239. The molecule has 0 saturated carbocycles. The van der Waals surface area contributed by atoms with Gasteiger partial charge < -0.3 is 0 Å². The van der Waals surface area contributed by atoms with Crippen LogP contribution in [0.1, 0.15) is 53.9 Å². The predicted molar refractivity (Wildman–Crippen MR) is 66.5 cm³/mol. The van der Waals surface area contributed by atoms with E-state index in [9.17, 15) is 0 Å². The minimum Gasteiger partial charge on any atom is -0.0844 e. The molecule has 0 bridgehead atoms. The van der Waals surface area contributed by atoms with Crippen LogP contribution in [0, 0.1) is 0 Å². The van der Waals surface area contributed by atoms with E-state index in [-0.39, 0.29) is 0 Å². The Labute approximate surface area is 89.4 Å². The molecule has 0 heteroatoms. The minimum absolute atomic E-state index is 1.22. The van der Waals surface area contributed by atoms with Crippen molar-refractivity contribution in [2.45, 2.75) is 53.9 Å². The van der Waals surface area contributed by atoms with Crippen molar-refractivity contribution in [2.75, 3.05) is 0 Å². The van der Waals surface area contributed by atoms with Crippen LogP contribution >= 0.6 is 0 Å². The molecule has 0 unspecified atom stereocenters. The van der Waals surface area contributed by atoms with Crippen molar-refractivity contribution < 1.29 is 0 Å². The van der Waals surface area contributed by atoms with Gasteiger partial charge >= 0.3 is 0 Å². The summed E-state index contributed by atoms with van der Waals surface area (Å²) in [7, 11) is 0. The lowest BCUT2D eigenvalue weighted by Gasteiger charge is -2.11. The van der Waals surface area contributed by atoms with Crippen molar-refractivity contribution in [1.29, 1.82) is 0 Å². The average molecular weight is 192 g/mol. The highest BCUT2D eigenvalue weighted by molar-refractivity contribution is 5.35. The van der Waals surface area contributed by atoms with Gasteiger partial charge in [0.15, 0.2) is 0 Å². The highest BCUT2D eigenvalue weighted by Gasteiger charge is 2.03. The second kappa shape index (κ2) is 7.61. The first-order valence-corrected chi connectivity index (χ1v) is 5.65. The van der Waals surface area contributed by atoms with Crippen molar-refractivity contribution in [3.8, 4) is 0 Å². The van der Waals surface area contributed by atoms with E-state index in [1.807, 2.05) is 0 Å². The standard InChI is InChI=1S/C11H16.C3H8/c1-4-10(3)11-7-5-9(2)6-8-11;1-3-2/h4-5,7H,6,8H2,1-3H3;3H2,1-2H3/b10-4+;. The summed E-state index contributed by atoms with van der Waals surface area (Å²) in [6.07, 6.45) is 10.4. The topological polar surface area (TPSA) is 0 Å². The molecular weight excluding hydrogens is 168 g/mol. The van der Waals surface area contributed by atoms with Gasteiger partial charge in [0.05, 0.1) is 0 Å². The molecule has 0 atom stereocenters. The summed E-state index contributed by atoms with van der Waals surface area (Å²) >= 11 is 0. The molecule has 80 valence electrons. The van der Waals surface area contributed by atoms with E-state index in [1.165, 1.54) is 36.0 Å². The number of hydrogen-bond donors (Lipinski definition) is 0. The number of hydrogen-bond acceptors (Lipinski definition) is 0. The molecule has 1 aliphatic rings. The van der Waals surface area contributed by atoms with E-state index in [0.29, 0.717) is 0 Å². The van der Waals surface area contributed by atoms with Crippen LogP contribution < -0.4 is 0 Å². The Hall–Kier alpha value is -0.780. The Balaban J connectivity index is 0.000000500. The van der Waals surface area contributed by atoms with Gasteiger partial charge in [-0.05, 0) is 39.2 Å². The van der Waals surface area contributed by atoms with Crippen LogP contribution in [0.3, 0.4) is 0 Å². The molecule has 1 rings (SSSR count). The third-order valence-corrected chi connectivity index (χ3v) is 2.30. The molecule has 0 nitrogen and oxygen atoms in total. The van der Waals surface area contributed by atoms with Gasteiger partial charge in [0.2, 0.25) is 0 Å². The molecule has 1 aliphatic carbocycles. The van der Waals surface area contributed by atoms with Gasteiger partial charge in [0.25, 0.3) is 0 Å². The van der Waals surface area contributed by atoms with Crippen LogP contribution in [0.2, 0.25) is 0 Å². The van der Waals surface area contributed by atoms with Crippen LogP contribution in [-0.4, -0.2) is 0 Å². The molecular formula is C14H24. The van der Waals surface area contributed by atoms with Crippen molar-refractivity contribution in [2.24, 2.45) is 0 Å². The third-order valence-electron chi connectivity index (χ3n) is 2.30. The maximum atomic E-state index is 2.24. The molecule has 0 aromatic rings. The Kier molecular flexibility index (Phi) is 7.18. The van der Waals surface area contributed by atoms with E-state index in [2.05, 4.69) is 52.8 Å². The van der Waals surface area contributed by atoms with Gasteiger partial charge in [-0.25, -0.2) is 0 Å². The molecule has 0 aromatic heterocycles. The summed E-state index contributed by atoms with van der Waals surface area (Å²) in [4.78, 5) is 0. The second-order valence-electron chi connectivity index (χ2n) is 3.88. The lowest BCUT2D eigenvalue weighted by Crippen LogP contribution is -1.91. The molecule has 0 heterocycles. The van der Waals surface area contributed by atoms with E-state index < -0.39 is 0 Å². The zero-order valence-corrected chi connectivity index (χ0v) is 10.4. The first-order chi connectivity index (χ1) is 6.65. The number of allylic oxidation sites excluding steroid dienone is 6. The largest absolute Gasteiger partial charge is 0.0844 e. The van der Waals surface area contributed by atoms with Crippen LogP contribution in [0.25, 0.3) is 0 Å². The Morgan fingerprint density at radius 1 is 1.29 bits per heavy atom. The Morgan fingerprint density at radius 2 is 1.86 bits per heavy atom. The maximum Gasteiger partial charge on any atom is -0.0239 e. The molecule has 0 amide bonds. The summed E-state index contributed by atoms with van der Waals surface area (Å²) in [6.45, 7) is 10.7. The second-order valence-corrected chi connectivity index (χ2v) is 3.88. The normalized spacial score (nSPS) is 16.5. The van der Waals surface area contributed by atoms with E-state index >= 15 is 0 Å². The summed E-state index contributed by atoms with van der Waals surface area (Å²) in [6, 6.07) is 0. The SMILES string of the molecule is C/C=C(\C)C1=CC=C(C)CC1.CCC. The van der Waals surface area contributed by atoms with Crippen LogP contribution in [0.15, 0.2) is 34.9 Å². The van der Waals surface area contributed by atoms with Crippen LogP contribution in [0.4, 0.5) is 0 Å². The smallest absolute Gasteiger partial charge is 0.0239 e. The van der Waals surface area contributed by atoms with Crippen molar-refractivity contribution in [3.63, 3.8) is 0 Å². The van der Waals surface area contributed by atoms with E-state index in [1.54, 1.807) is 0 Å². The Morgan fingerprint density at radius 3 is 2.21 bits per heavy atom. The van der Waals surface area contributed by atoms with Crippen LogP contribution in [0.5, 0.6) is 0 Å². The lowest BCUT2D eigenvalue weighted by atomic mass is 9.95. The van der Waals surface area contributed by atoms with Gasteiger partial charge in [-0.15, -0.1) is 0 Å². The van der Waals surface area contributed by atoms with Gasteiger partial charge in [-0.3, -0.25) is 0 Å². The predicted octanol–water partition coefficient (Wildman–Crippen LogP) is 5.04. The highest BCUT2D eigenvalue weighted by Crippen LogP contribution is 2.22.